The predicted molar refractivity (Wildman–Crippen MR) is 51.7 cm³/mol. The van der Waals surface area contributed by atoms with E-state index in [0.29, 0.717) is 6.10 Å². The summed E-state index contributed by atoms with van der Waals surface area (Å²) in [4.78, 5) is 0. The van der Waals surface area contributed by atoms with Crippen molar-refractivity contribution in [2.24, 2.45) is 5.92 Å². The third-order valence-corrected chi connectivity index (χ3v) is 3.94. The summed E-state index contributed by atoms with van der Waals surface area (Å²) in [5, 5.41) is 0. The van der Waals surface area contributed by atoms with Crippen molar-refractivity contribution in [3.63, 3.8) is 0 Å². The summed E-state index contributed by atoms with van der Waals surface area (Å²) in [6, 6.07) is 0. The monoisotopic (exact) mass is 184 g/mol. The van der Waals surface area contributed by atoms with Crippen molar-refractivity contribution in [1.29, 1.82) is 0 Å². The van der Waals surface area contributed by atoms with Crippen LogP contribution in [0.3, 0.4) is 0 Å². The zero-order valence-electron chi connectivity index (χ0n) is 8.71. The molecule has 1 saturated carbocycles. The zero-order valence-corrected chi connectivity index (χ0v) is 8.71. The minimum absolute atomic E-state index is 0.175. The molecule has 76 valence electrons. The highest BCUT2D eigenvalue weighted by Gasteiger charge is 2.42. The van der Waals surface area contributed by atoms with Crippen molar-refractivity contribution >= 4 is 0 Å². The molecule has 0 amide bonds. The van der Waals surface area contributed by atoms with E-state index in [4.69, 9.17) is 9.47 Å². The van der Waals surface area contributed by atoms with Gasteiger partial charge < -0.3 is 9.47 Å². The fourth-order valence-corrected chi connectivity index (χ4v) is 2.88. The number of fused-ring (bicyclic) bond motifs is 1. The average Bonchev–Trinajstić information content (AvgIpc) is 2.64. The second-order valence-electron chi connectivity index (χ2n) is 4.44. The fourth-order valence-electron chi connectivity index (χ4n) is 2.88. The molecule has 0 radical (unpaired) electrons. The topological polar surface area (TPSA) is 18.5 Å². The van der Waals surface area contributed by atoms with E-state index in [2.05, 4.69) is 6.92 Å². The molecule has 1 saturated heterocycles. The van der Waals surface area contributed by atoms with Crippen LogP contribution in [0.1, 0.15) is 39.0 Å². The van der Waals surface area contributed by atoms with E-state index in [1.165, 1.54) is 25.7 Å². The van der Waals surface area contributed by atoms with Gasteiger partial charge in [-0.3, -0.25) is 0 Å². The van der Waals surface area contributed by atoms with Gasteiger partial charge in [0.25, 0.3) is 0 Å². The first-order chi connectivity index (χ1) is 6.29. The van der Waals surface area contributed by atoms with Crippen molar-refractivity contribution in [1.82, 2.24) is 0 Å². The lowest BCUT2D eigenvalue weighted by Crippen LogP contribution is -2.41. The SMILES string of the molecule is CC[C@]1(OC)CC[C@@H]2OCC[C@H]2C1. The quantitative estimate of drug-likeness (QED) is 0.656. The smallest absolute Gasteiger partial charge is 0.0680 e. The number of hydrogen-bond donors (Lipinski definition) is 0. The first-order valence-electron chi connectivity index (χ1n) is 5.46. The van der Waals surface area contributed by atoms with Gasteiger partial charge in [0.1, 0.15) is 0 Å². The largest absolute Gasteiger partial charge is 0.378 e. The van der Waals surface area contributed by atoms with Gasteiger partial charge in [-0.25, -0.2) is 0 Å². The molecule has 1 aliphatic heterocycles. The molecule has 0 aromatic carbocycles. The number of methoxy groups -OCH3 is 1. The molecule has 2 aliphatic rings. The molecule has 1 heterocycles. The molecule has 2 rings (SSSR count). The normalized spacial score (nSPS) is 44.8. The van der Waals surface area contributed by atoms with Gasteiger partial charge in [-0.2, -0.15) is 0 Å². The van der Waals surface area contributed by atoms with Crippen molar-refractivity contribution in [2.75, 3.05) is 13.7 Å². The summed E-state index contributed by atoms with van der Waals surface area (Å²) in [6.07, 6.45) is 6.54. The van der Waals surface area contributed by atoms with Gasteiger partial charge in [0.05, 0.1) is 11.7 Å². The van der Waals surface area contributed by atoms with E-state index in [0.717, 1.165) is 18.9 Å². The molecule has 3 atom stereocenters. The minimum atomic E-state index is 0.175. The Kier molecular flexibility index (Phi) is 2.61. The van der Waals surface area contributed by atoms with E-state index in [-0.39, 0.29) is 5.60 Å². The molecule has 1 aliphatic carbocycles. The van der Waals surface area contributed by atoms with Gasteiger partial charge in [0.2, 0.25) is 0 Å². The van der Waals surface area contributed by atoms with Gasteiger partial charge in [-0.05, 0) is 38.0 Å². The lowest BCUT2D eigenvalue weighted by molar-refractivity contribution is -0.0811. The fraction of sp³-hybridized carbons (Fsp3) is 1.00. The van der Waals surface area contributed by atoms with Gasteiger partial charge in [-0.1, -0.05) is 6.92 Å². The van der Waals surface area contributed by atoms with Gasteiger partial charge in [-0.15, -0.1) is 0 Å². The Morgan fingerprint density at radius 1 is 1.46 bits per heavy atom. The Bertz CT molecular complexity index is 175. The van der Waals surface area contributed by atoms with Crippen molar-refractivity contribution < 1.29 is 9.47 Å². The zero-order chi connectivity index (χ0) is 9.31. The molecule has 2 fully saturated rings. The summed E-state index contributed by atoms with van der Waals surface area (Å²) >= 11 is 0. The van der Waals surface area contributed by atoms with Crippen molar-refractivity contribution in [2.45, 2.75) is 50.7 Å². The van der Waals surface area contributed by atoms with Crippen LogP contribution < -0.4 is 0 Å². The van der Waals surface area contributed by atoms with E-state index in [1.54, 1.807) is 0 Å². The first-order valence-corrected chi connectivity index (χ1v) is 5.46. The van der Waals surface area contributed by atoms with Crippen LogP contribution in [0.2, 0.25) is 0 Å². The number of rotatable bonds is 2. The minimum Gasteiger partial charge on any atom is -0.378 e. The molecule has 0 unspecified atom stereocenters. The number of hydrogen-bond acceptors (Lipinski definition) is 2. The lowest BCUT2D eigenvalue weighted by atomic mass is 9.75. The molecule has 2 heteroatoms. The van der Waals surface area contributed by atoms with Gasteiger partial charge in [0, 0.05) is 13.7 Å². The highest BCUT2D eigenvalue weighted by molar-refractivity contribution is 4.93. The maximum atomic E-state index is 5.68. The summed E-state index contributed by atoms with van der Waals surface area (Å²) in [7, 11) is 1.86. The van der Waals surface area contributed by atoms with E-state index >= 15 is 0 Å². The molecule has 0 spiro atoms. The molecule has 0 bridgehead atoms. The van der Waals surface area contributed by atoms with Crippen LogP contribution in [0, 0.1) is 5.92 Å². The Morgan fingerprint density at radius 2 is 2.31 bits per heavy atom. The Labute approximate surface area is 80.6 Å². The highest BCUT2D eigenvalue weighted by Crippen LogP contribution is 2.42. The van der Waals surface area contributed by atoms with Crippen molar-refractivity contribution in [3.05, 3.63) is 0 Å². The molecule has 0 aromatic heterocycles. The molecule has 2 nitrogen and oxygen atoms in total. The predicted octanol–water partition coefficient (Wildman–Crippen LogP) is 2.37. The van der Waals surface area contributed by atoms with Crippen molar-refractivity contribution in [3.8, 4) is 0 Å². The van der Waals surface area contributed by atoms with Gasteiger partial charge >= 0.3 is 0 Å². The lowest BCUT2D eigenvalue weighted by Gasteiger charge is -2.40. The molecule has 13 heavy (non-hydrogen) atoms. The Hall–Kier alpha value is -0.0800. The van der Waals surface area contributed by atoms with Crippen LogP contribution in [-0.2, 0) is 9.47 Å². The van der Waals surface area contributed by atoms with Crippen LogP contribution in [0.4, 0.5) is 0 Å². The van der Waals surface area contributed by atoms with E-state index in [1.807, 2.05) is 7.11 Å². The number of ether oxygens (including phenoxy) is 2. The average molecular weight is 184 g/mol. The van der Waals surface area contributed by atoms with Crippen LogP contribution in [-0.4, -0.2) is 25.4 Å². The van der Waals surface area contributed by atoms with E-state index in [9.17, 15) is 0 Å². The maximum Gasteiger partial charge on any atom is 0.0680 e. The highest BCUT2D eigenvalue weighted by atomic mass is 16.5. The second-order valence-corrected chi connectivity index (χ2v) is 4.44. The summed E-state index contributed by atoms with van der Waals surface area (Å²) in [5.74, 6) is 0.772. The van der Waals surface area contributed by atoms with E-state index < -0.39 is 0 Å². The van der Waals surface area contributed by atoms with Crippen LogP contribution in [0.15, 0.2) is 0 Å². The maximum absolute atomic E-state index is 5.68. The van der Waals surface area contributed by atoms with Gasteiger partial charge in [0.15, 0.2) is 0 Å². The van der Waals surface area contributed by atoms with Crippen LogP contribution in [0.25, 0.3) is 0 Å². The summed E-state index contributed by atoms with van der Waals surface area (Å²) < 4.78 is 11.4. The van der Waals surface area contributed by atoms with Crippen LogP contribution >= 0.6 is 0 Å². The Morgan fingerprint density at radius 3 is 3.00 bits per heavy atom. The molecular weight excluding hydrogens is 164 g/mol. The standard InChI is InChI=1S/C11H20O2/c1-3-11(12-2)6-4-10-9(8-11)5-7-13-10/h9-10H,3-8H2,1-2H3/t9-,10-,11-/m0/s1. The first kappa shape index (κ1) is 9.47. The second kappa shape index (κ2) is 3.58. The van der Waals surface area contributed by atoms with Crippen LogP contribution in [0.5, 0.6) is 0 Å². The summed E-state index contributed by atoms with van der Waals surface area (Å²) in [5.41, 5.74) is 0.175. The Balaban J connectivity index is 2.02. The molecule has 0 N–H and O–H groups in total. The third kappa shape index (κ3) is 1.62. The molecule has 0 aromatic rings. The molecular formula is C11H20O2. The summed E-state index contributed by atoms with van der Waals surface area (Å²) in [6.45, 7) is 3.21. The third-order valence-electron chi connectivity index (χ3n) is 3.94.